The molecule has 1 aliphatic rings. The highest BCUT2D eigenvalue weighted by Crippen LogP contribution is 2.03. The first-order chi connectivity index (χ1) is 7.29. The molecule has 5 nitrogen and oxygen atoms in total. The molecule has 0 spiro atoms. The molecule has 1 aliphatic heterocycles. The number of carbonyl (C=O) groups is 1. The van der Waals surface area contributed by atoms with E-state index in [0.717, 1.165) is 13.0 Å². The summed E-state index contributed by atoms with van der Waals surface area (Å²) in [6.07, 6.45) is 0.899. The minimum atomic E-state index is -0.350. The molecule has 0 bridgehead atoms. The van der Waals surface area contributed by atoms with E-state index < -0.39 is 0 Å². The summed E-state index contributed by atoms with van der Waals surface area (Å²) in [5, 5.41) is 11.9. The fourth-order valence-corrected chi connectivity index (χ4v) is 1.50. The zero-order chi connectivity index (χ0) is 11.1. The normalized spacial score (nSPS) is 21.1. The Kier molecular flexibility index (Phi) is 5.08. The van der Waals surface area contributed by atoms with Gasteiger partial charge < -0.3 is 15.0 Å². The highest BCUT2D eigenvalue weighted by molar-refractivity contribution is 5.78. The number of rotatable bonds is 4. The van der Waals surface area contributed by atoms with Crippen molar-refractivity contribution >= 4 is 5.91 Å². The van der Waals surface area contributed by atoms with Gasteiger partial charge in [-0.3, -0.25) is 4.79 Å². The number of carbonyl (C=O) groups excluding carboxylic acids is 1. The van der Waals surface area contributed by atoms with E-state index in [2.05, 4.69) is 11.4 Å². The van der Waals surface area contributed by atoms with Crippen LogP contribution in [-0.4, -0.2) is 49.7 Å². The van der Waals surface area contributed by atoms with Gasteiger partial charge in [-0.05, 0) is 6.42 Å². The van der Waals surface area contributed by atoms with Crippen LogP contribution in [0.15, 0.2) is 0 Å². The van der Waals surface area contributed by atoms with Gasteiger partial charge in [0.05, 0.1) is 6.07 Å². The minimum Gasteiger partial charge on any atom is -0.372 e. The summed E-state index contributed by atoms with van der Waals surface area (Å²) in [5.74, 6) is -0.0866. The molecular formula is C10H17N3O2. The minimum absolute atomic E-state index is 0.0866. The number of nitrogens with one attached hydrogen (secondary N) is 1. The van der Waals surface area contributed by atoms with Crippen LogP contribution in [0.2, 0.25) is 0 Å². The van der Waals surface area contributed by atoms with Crippen molar-refractivity contribution in [3.63, 3.8) is 0 Å². The number of amides is 1. The zero-order valence-corrected chi connectivity index (χ0v) is 9.03. The van der Waals surface area contributed by atoms with Crippen LogP contribution in [0.25, 0.3) is 0 Å². The third-order valence-corrected chi connectivity index (χ3v) is 2.29. The van der Waals surface area contributed by atoms with Gasteiger partial charge in [0.15, 0.2) is 0 Å². The lowest BCUT2D eigenvalue weighted by Gasteiger charge is -2.31. The number of piperazine rings is 1. The van der Waals surface area contributed by atoms with E-state index in [0.29, 0.717) is 19.7 Å². The zero-order valence-electron chi connectivity index (χ0n) is 9.03. The molecule has 1 rings (SSSR count). The van der Waals surface area contributed by atoms with Gasteiger partial charge in [0.25, 0.3) is 0 Å². The van der Waals surface area contributed by atoms with Gasteiger partial charge in [0.2, 0.25) is 5.91 Å². The molecule has 15 heavy (non-hydrogen) atoms. The van der Waals surface area contributed by atoms with Crippen molar-refractivity contribution < 1.29 is 9.53 Å². The van der Waals surface area contributed by atoms with E-state index in [1.807, 2.05) is 6.92 Å². The first kappa shape index (κ1) is 12.0. The van der Waals surface area contributed by atoms with Crippen LogP contribution in [0.1, 0.15) is 13.3 Å². The Morgan fingerprint density at radius 2 is 2.53 bits per heavy atom. The van der Waals surface area contributed by atoms with E-state index in [9.17, 15) is 4.79 Å². The molecule has 0 aromatic rings. The van der Waals surface area contributed by atoms with E-state index in [1.165, 1.54) is 0 Å². The molecule has 1 amide bonds. The third-order valence-electron chi connectivity index (χ3n) is 2.29. The SMILES string of the molecule is CCCOCC(=O)N1CCNCC1C#N. The lowest BCUT2D eigenvalue weighted by Crippen LogP contribution is -2.53. The number of hydrogen-bond donors (Lipinski definition) is 1. The van der Waals surface area contributed by atoms with Gasteiger partial charge >= 0.3 is 0 Å². The monoisotopic (exact) mass is 211 g/mol. The third kappa shape index (κ3) is 3.50. The van der Waals surface area contributed by atoms with E-state index in [-0.39, 0.29) is 18.6 Å². The summed E-state index contributed by atoms with van der Waals surface area (Å²) < 4.78 is 5.17. The van der Waals surface area contributed by atoms with Gasteiger partial charge in [0, 0.05) is 26.2 Å². The highest BCUT2D eigenvalue weighted by atomic mass is 16.5. The Hall–Kier alpha value is -1.12. The van der Waals surface area contributed by atoms with Crippen molar-refractivity contribution in [2.24, 2.45) is 0 Å². The van der Waals surface area contributed by atoms with Crippen molar-refractivity contribution in [1.29, 1.82) is 5.26 Å². The van der Waals surface area contributed by atoms with Crippen molar-refractivity contribution in [3.05, 3.63) is 0 Å². The topological polar surface area (TPSA) is 65.4 Å². The molecular weight excluding hydrogens is 194 g/mol. The second kappa shape index (κ2) is 6.38. The van der Waals surface area contributed by atoms with Crippen LogP contribution in [0.5, 0.6) is 0 Å². The van der Waals surface area contributed by atoms with Crippen molar-refractivity contribution in [2.45, 2.75) is 19.4 Å². The van der Waals surface area contributed by atoms with Gasteiger partial charge in [-0.25, -0.2) is 0 Å². The highest BCUT2D eigenvalue weighted by Gasteiger charge is 2.25. The lowest BCUT2D eigenvalue weighted by molar-refractivity contribution is -0.138. The Morgan fingerprint density at radius 3 is 3.20 bits per heavy atom. The van der Waals surface area contributed by atoms with Crippen LogP contribution in [0.3, 0.4) is 0 Å². The predicted molar refractivity (Wildman–Crippen MR) is 55.1 cm³/mol. The van der Waals surface area contributed by atoms with Crippen LogP contribution in [-0.2, 0) is 9.53 Å². The van der Waals surface area contributed by atoms with Gasteiger partial charge in [-0.2, -0.15) is 5.26 Å². The molecule has 84 valence electrons. The van der Waals surface area contributed by atoms with Crippen molar-refractivity contribution in [1.82, 2.24) is 10.2 Å². The maximum atomic E-state index is 11.7. The maximum absolute atomic E-state index is 11.7. The van der Waals surface area contributed by atoms with E-state index in [1.54, 1.807) is 4.90 Å². The smallest absolute Gasteiger partial charge is 0.249 e. The van der Waals surface area contributed by atoms with Gasteiger partial charge in [0.1, 0.15) is 12.6 Å². The number of hydrogen-bond acceptors (Lipinski definition) is 4. The predicted octanol–water partition coefficient (Wildman–Crippen LogP) is -0.263. The summed E-state index contributed by atoms with van der Waals surface area (Å²) in [4.78, 5) is 13.3. The van der Waals surface area contributed by atoms with Crippen LogP contribution >= 0.6 is 0 Å². The average molecular weight is 211 g/mol. The molecule has 0 aromatic carbocycles. The summed E-state index contributed by atoms with van der Waals surface area (Å²) in [6, 6.07) is 1.76. The Morgan fingerprint density at radius 1 is 1.73 bits per heavy atom. The molecule has 0 saturated carbocycles. The maximum Gasteiger partial charge on any atom is 0.249 e. The Labute approximate surface area is 90.0 Å². The lowest BCUT2D eigenvalue weighted by atomic mass is 10.2. The molecule has 0 radical (unpaired) electrons. The summed E-state index contributed by atoms with van der Waals surface area (Å²) in [7, 11) is 0. The second-order valence-electron chi connectivity index (χ2n) is 3.49. The first-order valence-corrected chi connectivity index (χ1v) is 5.27. The van der Waals surface area contributed by atoms with E-state index >= 15 is 0 Å². The molecule has 1 atom stereocenters. The molecule has 1 fully saturated rings. The van der Waals surface area contributed by atoms with E-state index in [4.69, 9.17) is 10.00 Å². The number of nitrogens with zero attached hydrogens (tertiary/aromatic N) is 2. The Balaban J connectivity index is 2.39. The number of ether oxygens (including phenoxy) is 1. The molecule has 5 heteroatoms. The van der Waals surface area contributed by atoms with Crippen LogP contribution < -0.4 is 5.32 Å². The molecule has 1 saturated heterocycles. The van der Waals surface area contributed by atoms with Gasteiger partial charge in [-0.15, -0.1) is 0 Å². The molecule has 1 unspecified atom stereocenters. The molecule has 0 aliphatic carbocycles. The fraction of sp³-hybridized carbons (Fsp3) is 0.800. The van der Waals surface area contributed by atoms with Crippen molar-refractivity contribution in [3.8, 4) is 6.07 Å². The molecule has 0 aromatic heterocycles. The van der Waals surface area contributed by atoms with Gasteiger partial charge in [-0.1, -0.05) is 6.92 Å². The second-order valence-corrected chi connectivity index (χ2v) is 3.49. The summed E-state index contributed by atoms with van der Waals surface area (Å²) >= 11 is 0. The van der Waals surface area contributed by atoms with Crippen molar-refractivity contribution in [2.75, 3.05) is 32.8 Å². The molecule has 1 heterocycles. The molecule has 1 N–H and O–H groups in total. The van der Waals surface area contributed by atoms with Crippen LogP contribution in [0.4, 0.5) is 0 Å². The first-order valence-electron chi connectivity index (χ1n) is 5.27. The standard InChI is InChI=1S/C10H17N3O2/c1-2-5-15-8-10(14)13-4-3-12-7-9(13)6-11/h9,12H,2-5,7-8H2,1H3. The fourth-order valence-electron chi connectivity index (χ4n) is 1.50. The largest absolute Gasteiger partial charge is 0.372 e. The summed E-state index contributed by atoms with van der Waals surface area (Å²) in [6.45, 7) is 4.56. The number of nitriles is 1. The Bertz CT molecular complexity index is 250. The van der Waals surface area contributed by atoms with Crippen LogP contribution in [0, 0.1) is 11.3 Å². The average Bonchev–Trinajstić information content (AvgIpc) is 2.29. The quantitative estimate of drug-likeness (QED) is 0.650. The summed E-state index contributed by atoms with van der Waals surface area (Å²) in [5.41, 5.74) is 0.